The molecule has 0 saturated carbocycles. The van der Waals surface area contributed by atoms with E-state index in [2.05, 4.69) is 18.8 Å². The van der Waals surface area contributed by atoms with Crippen LogP contribution in [0.3, 0.4) is 0 Å². The van der Waals surface area contributed by atoms with Crippen LogP contribution in [0.5, 0.6) is 5.88 Å². The van der Waals surface area contributed by atoms with Crippen LogP contribution in [0.25, 0.3) is 0 Å². The molecular formula is C15H22F3NO. The summed E-state index contributed by atoms with van der Waals surface area (Å²) in [6.45, 7) is 4.17. The van der Waals surface area contributed by atoms with Crippen molar-refractivity contribution in [3.8, 4) is 5.88 Å². The van der Waals surface area contributed by atoms with E-state index in [9.17, 15) is 13.2 Å². The third-order valence-electron chi connectivity index (χ3n) is 3.06. The van der Waals surface area contributed by atoms with E-state index in [1.54, 1.807) is 0 Å². The molecule has 1 heterocycles. The highest BCUT2D eigenvalue weighted by Gasteiger charge is 2.32. The number of ether oxygens (including phenoxy) is 1. The minimum atomic E-state index is -4.43. The van der Waals surface area contributed by atoms with Gasteiger partial charge in [0.2, 0.25) is 5.88 Å². The predicted octanol–water partition coefficient (Wildman–Crippen LogP) is 5.23. The third-order valence-corrected chi connectivity index (χ3v) is 3.06. The van der Waals surface area contributed by atoms with Crippen molar-refractivity contribution < 1.29 is 17.9 Å². The Morgan fingerprint density at radius 1 is 1.10 bits per heavy atom. The average molecular weight is 289 g/mol. The fraction of sp³-hybridized carbons (Fsp3) is 0.667. The van der Waals surface area contributed by atoms with Crippen LogP contribution in [0.15, 0.2) is 18.2 Å². The molecule has 0 saturated heterocycles. The Hall–Kier alpha value is -1.26. The first-order chi connectivity index (χ1) is 9.47. The molecule has 0 unspecified atom stereocenters. The lowest BCUT2D eigenvalue weighted by atomic mass is 10.1. The van der Waals surface area contributed by atoms with Gasteiger partial charge in [0.05, 0.1) is 0 Å². The molecule has 0 aliphatic carbocycles. The summed E-state index contributed by atoms with van der Waals surface area (Å²) in [6, 6.07) is 3.78. The SMILES string of the molecule is CCCCC(CCCC)Oc1cccc(C(F)(F)F)n1. The third kappa shape index (κ3) is 5.80. The molecule has 0 amide bonds. The normalized spacial score (nSPS) is 11.9. The Balaban J connectivity index is 2.71. The number of nitrogens with zero attached hydrogens (tertiary/aromatic N) is 1. The van der Waals surface area contributed by atoms with Gasteiger partial charge < -0.3 is 4.74 Å². The summed E-state index contributed by atoms with van der Waals surface area (Å²) in [5.41, 5.74) is -0.903. The Labute approximate surface area is 118 Å². The van der Waals surface area contributed by atoms with Crippen LogP contribution in [0, 0.1) is 0 Å². The largest absolute Gasteiger partial charge is 0.474 e. The van der Waals surface area contributed by atoms with Crippen LogP contribution >= 0.6 is 0 Å². The smallest absolute Gasteiger partial charge is 0.433 e. The second kappa shape index (κ2) is 8.12. The van der Waals surface area contributed by atoms with Crippen molar-refractivity contribution in [1.29, 1.82) is 0 Å². The van der Waals surface area contributed by atoms with E-state index in [-0.39, 0.29) is 12.0 Å². The highest BCUT2D eigenvalue weighted by Crippen LogP contribution is 2.29. The summed E-state index contributed by atoms with van der Waals surface area (Å²) in [6.07, 6.45) is 1.33. The molecule has 1 aromatic heterocycles. The van der Waals surface area contributed by atoms with Gasteiger partial charge in [0.25, 0.3) is 0 Å². The maximum atomic E-state index is 12.6. The number of aromatic nitrogens is 1. The molecule has 2 nitrogen and oxygen atoms in total. The van der Waals surface area contributed by atoms with Crippen molar-refractivity contribution in [3.63, 3.8) is 0 Å². The minimum Gasteiger partial charge on any atom is -0.474 e. The number of pyridine rings is 1. The topological polar surface area (TPSA) is 22.1 Å². The summed E-state index contributed by atoms with van der Waals surface area (Å²) >= 11 is 0. The number of rotatable bonds is 8. The van der Waals surface area contributed by atoms with Gasteiger partial charge >= 0.3 is 6.18 Å². The fourth-order valence-corrected chi connectivity index (χ4v) is 1.93. The second-order valence-electron chi connectivity index (χ2n) is 4.88. The zero-order chi connectivity index (χ0) is 15.0. The lowest BCUT2D eigenvalue weighted by Crippen LogP contribution is -2.18. The van der Waals surface area contributed by atoms with Crippen LogP contribution in [-0.2, 0) is 6.18 Å². The monoisotopic (exact) mass is 289 g/mol. The zero-order valence-electron chi connectivity index (χ0n) is 12.0. The molecule has 0 spiro atoms. The van der Waals surface area contributed by atoms with Gasteiger partial charge in [-0.25, -0.2) is 4.98 Å². The lowest BCUT2D eigenvalue weighted by molar-refractivity contribution is -0.141. The van der Waals surface area contributed by atoms with Crippen LogP contribution in [-0.4, -0.2) is 11.1 Å². The molecule has 0 bridgehead atoms. The number of hydrogen-bond acceptors (Lipinski definition) is 2. The van der Waals surface area contributed by atoms with Crippen LogP contribution in [0.4, 0.5) is 13.2 Å². The first-order valence-corrected chi connectivity index (χ1v) is 7.18. The van der Waals surface area contributed by atoms with Gasteiger partial charge in [0.1, 0.15) is 11.8 Å². The van der Waals surface area contributed by atoms with E-state index in [0.29, 0.717) is 0 Å². The van der Waals surface area contributed by atoms with Crippen LogP contribution < -0.4 is 4.74 Å². The molecule has 0 fully saturated rings. The van der Waals surface area contributed by atoms with Crippen molar-refractivity contribution in [2.75, 3.05) is 0 Å². The zero-order valence-corrected chi connectivity index (χ0v) is 12.0. The summed E-state index contributed by atoms with van der Waals surface area (Å²) in [7, 11) is 0. The molecular weight excluding hydrogens is 267 g/mol. The predicted molar refractivity (Wildman–Crippen MR) is 72.7 cm³/mol. The highest BCUT2D eigenvalue weighted by molar-refractivity contribution is 5.17. The van der Waals surface area contributed by atoms with Crippen LogP contribution in [0.1, 0.15) is 58.1 Å². The van der Waals surface area contributed by atoms with Crippen molar-refractivity contribution >= 4 is 0 Å². The lowest BCUT2D eigenvalue weighted by Gasteiger charge is -2.18. The highest BCUT2D eigenvalue weighted by atomic mass is 19.4. The molecule has 114 valence electrons. The number of unbranched alkanes of at least 4 members (excludes halogenated alkanes) is 2. The van der Waals surface area contributed by atoms with E-state index in [1.165, 1.54) is 12.1 Å². The molecule has 0 radical (unpaired) electrons. The average Bonchev–Trinajstić information content (AvgIpc) is 2.41. The second-order valence-corrected chi connectivity index (χ2v) is 4.88. The Kier molecular flexibility index (Phi) is 6.82. The van der Waals surface area contributed by atoms with E-state index < -0.39 is 11.9 Å². The van der Waals surface area contributed by atoms with Crippen molar-refractivity contribution in [2.24, 2.45) is 0 Å². The van der Waals surface area contributed by atoms with Gasteiger partial charge in [-0.1, -0.05) is 45.6 Å². The van der Waals surface area contributed by atoms with E-state index >= 15 is 0 Å². The maximum Gasteiger partial charge on any atom is 0.433 e. The Morgan fingerprint density at radius 3 is 2.20 bits per heavy atom. The first-order valence-electron chi connectivity index (χ1n) is 7.18. The summed E-state index contributed by atoms with van der Waals surface area (Å²) < 4.78 is 43.4. The maximum absolute atomic E-state index is 12.6. The molecule has 5 heteroatoms. The molecule has 0 N–H and O–H groups in total. The van der Waals surface area contributed by atoms with Crippen molar-refractivity contribution in [3.05, 3.63) is 23.9 Å². The van der Waals surface area contributed by atoms with Gasteiger partial charge in [-0.3, -0.25) is 0 Å². The Bertz CT molecular complexity index is 385. The van der Waals surface area contributed by atoms with Gasteiger partial charge in [0.15, 0.2) is 0 Å². The van der Waals surface area contributed by atoms with Gasteiger partial charge in [-0.2, -0.15) is 13.2 Å². The summed E-state index contributed by atoms with van der Waals surface area (Å²) in [5, 5.41) is 0. The molecule has 0 atom stereocenters. The molecule has 1 rings (SSSR count). The standard InChI is InChI=1S/C15H22F3NO/c1-3-5-8-12(9-6-4-2)20-14-11-7-10-13(19-14)15(16,17)18/h7,10-12H,3-6,8-9H2,1-2H3. The number of hydrogen-bond donors (Lipinski definition) is 0. The van der Waals surface area contributed by atoms with E-state index in [1.807, 2.05) is 0 Å². The van der Waals surface area contributed by atoms with Gasteiger partial charge in [0, 0.05) is 6.07 Å². The fourth-order valence-electron chi connectivity index (χ4n) is 1.93. The molecule has 0 aromatic carbocycles. The summed E-state index contributed by atoms with van der Waals surface area (Å²) in [4.78, 5) is 3.55. The molecule has 0 aliphatic rings. The van der Waals surface area contributed by atoms with Crippen LogP contribution in [0.2, 0.25) is 0 Å². The molecule has 20 heavy (non-hydrogen) atoms. The number of alkyl halides is 3. The Morgan fingerprint density at radius 2 is 1.70 bits per heavy atom. The van der Waals surface area contributed by atoms with Crippen molar-refractivity contribution in [2.45, 2.75) is 64.7 Å². The van der Waals surface area contributed by atoms with Crippen molar-refractivity contribution in [1.82, 2.24) is 4.98 Å². The molecule has 0 aliphatic heterocycles. The quantitative estimate of drug-likeness (QED) is 0.654. The minimum absolute atomic E-state index is 0.0501. The van der Waals surface area contributed by atoms with E-state index in [0.717, 1.165) is 44.6 Å². The van der Waals surface area contributed by atoms with Gasteiger partial charge in [-0.15, -0.1) is 0 Å². The summed E-state index contributed by atoms with van der Waals surface area (Å²) in [5.74, 6) is 0.0667. The number of halogens is 3. The van der Waals surface area contributed by atoms with E-state index in [4.69, 9.17) is 4.74 Å². The first kappa shape index (κ1) is 16.8. The van der Waals surface area contributed by atoms with Gasteiger partial charge in [-0.05, 0) is 18.9 Å². The molecule has 1 aromatic rings.